The Morgan fingerprint density at radius 1 is 1.42 bits per heavy atom. The number of aromatic nitrogens is 2. The van der Waals surface area contributed by atoms with Gasteiger partial charge in [-0.2, -0.15) is 5.10 Å². The summed E-state index contributed by atoms with van der Waals surface area (Å²) in [7, 11) is 3.14. The number of carbonyl (C=O) groups is 2. The summed E-state index contributed by atoms with van der Waals surface area (Å²) < 4.78 is 0.865. The minimum Gasteiger partial charge on any atom is -0.347 e. The Bertz CT molecular complexity index is 556. The molecule has 0 saturated carbocycles. The second kappa shape index (κ2) is 6.53. The Labute approximate surface area is 119 Å². The molecule has 0 fully saturated rings. The normalized spacial score (nSPS) is 10.1. The number of amides is 2. The van der Waals surface area contributed by atoms with Crippen LogP contribution in [0.15, 0.2) is 11.0 Å². The molecule has 0 aromatic carbocycles. The smallest absolute Gasteiger partial charge is 0.287 e. The van der Waals surface area contributed by atoms with E-state index in [4.69, 9.17) is 23.2 Å². The number of hydrogen-bond acceptors (Lipinski definition) is 4. The molecule has 0 bridgehead atoms. The van der Waals surface area contributed by atoms with Gasteiger partial charge in [0, 0.05) is 14.1 Å². The summed E-state index contributed by atoms with van der Waals surface area (Å²) in [6.07, 6.45) is 1.17. The highest BCUT2D eigenvalue weighted by atomic mass is 35.5. The molecular formula is C10H12Cl2N4O3. The Morgan fingerprint density at radius 2 is 2.05 bits per heavy atom. The number of nitrogens with zero attached hydrogens (tertiary/aromatic N) is 3. The van der Waals surface area contributed by atoms with Crippen molar-refractivity contribution in [2.75, 3.05) is 20.6 Å². The van der Waals surface area contributed by atoms with Crippen molar-refractivity contribution in [3.63, 3.8) is 0 Å². The van der Waals surface area contributed by atoms with Crippen LogP contribution in [0.5, 0.6) is 0 Å². The minimum atomic E-state index is -0.664. The Hall–Kier alpha value is -1.60. The summed E-state index contributed by atoms with van der Waals surface area (Å²) in [4.78, 5) is 35.7. The molecule has 104 valence electrons. The summed E-state index contributed by atoms with van der Waals surface area (Å²) in [5.41, 5.74) is -0.664. The van der Waals surface area contributed by atoms with Crippen molar-refractivity contribution in [3.8, 4) is 0 Å². The number of halogens is 2. The van der Waals surface area contributed by atoms with Crippen molar-refractivity contribution in [1.29, 1.82) is 0 Å². The molecule has 0 aliphatic rings. The number of likely N-dealkylation sites (N-methyl/N-ethyl adjacent to an activating group) is 1. The summed E-state index contributed by atoms with van der Waals surface area (Å²) in [5.74, 6) is -0.786. The maximum absolute atomic E-state index is 11.6. The van der Waals surface area contributed by atoms with Gasteiger partial charge < -0.3 is 10.2 Å². The highest BCUT2D eigenvalue weighted by Gasteiger charge is 2.12. The second-order valence-corrected chi connectivity index (χ2v) is 4.62. The van der Waals surface area contributed by atoms with E-state index < -0.39 is 11.5 Å². The van der Waals surface area contributed by atoms with E-state index in [2.05, 4.69) is 10.4 Å². The van der Waals surface area contributed by atoms with Gasteiger partial charge in [-0.25, -0.2) is 4.68 Å². The van der Waals surface area contributed by atoms with Gasteiger partial charge in [-0.3, -0.25) is 14.4 Å². The molecular weight excluding hydrogens is 295 g/mol. The van der Waals surface area contributed by atoms with Crippen molar-refractivity contribution in [2.24, 2.45) is 0 Å². The lowest BCUT2D eigenvalue weighted by molar-refractivity contribution is -0.131. The lowest BCUT2D eigenvalue weighted by Gasteiger charge is -2.11. The third-order valence-electron chi connectivity index (χ3n) is 2.17. The molecule has 7 nitrogen and oxygen atoms in total. The zero-order chi connectivity index (χ0) is 14.6. The van der Waals surface area contributed by atoms with Gasteiger partial charge in [0.25, 0.3) is 5.56 Å². The topological polar surface area (TPSA) is 84.3 Å². The number of hydrogen-bond donors (Lipinski definition) is 1. The van der Waals surface area contributed by atoms with Crippen molar-refractivity contribution in [1.82, 2.24) is 20.0 Å². The first-order chi connectivity index (χ1) is 8.82. The lowest BCUT2D eigenvalue weighted by Crippen LogP contribution is -2.39. The molecule has 1 N–H and O–H groups in total. The van der Waals surface area contributed by atoms with Crippen LogP contribution < -0.4 is 10.9 Å². The average Bonchev–Trinajstić information content (AvgIpc) is 2.36. The first kappa shape index (κ1) is 15.5. The molecule has 1 aromatic rings. The standard InChI is InChI=1S/C10H12Cl2N4O3/c1-15(2)8(18)4-13-7(17)5-16-10(19)9(12)6(11)3-14-16/h3H,4-5H2,1-2H3,(H,13,17). The Morgan fingerprint density at radius 3 is 2.63 bits per heavy atom. The van der Waals surface area contributed by atoms with E-state index in [1.54, 1.807) is 14.1 Å². The fraction of sp³-hybridized carbons (Fsp3) is 0.400. The van der Waals surface area contributed by atoms with Crippen LogP contribution in [-0.2, 0) is 16.1 Å². The molecule has 0 spiro atoms. The predicted octanol–water partition coefficient (Wildman–Crippen LogP) is -0.246. The maximum atomic E-state index is 11.6. The first-order valence-electron chi connectivity index (χ1n) is 5.21. The van der Waals surface area contributed by atoms with Crippen LogP contribution in [0, 0.1) is 0 Å². The number of rotatable bonds is 4. The Balaban J connectivity index is 2.66. The summed E-state index contributed by atoms with van der Waals surface area (Å²) in [5, 5.41) is 5.86. The molecule has 0 unspecified atom stereocenters. The molecule has 0 saturated heterocycles. The van der Waals surface area contributed by atoms with Crippen LogP contribution in [0.25, 0.3) is 0 Å². The van der Waals surface area contributed by atoms with Crippen LogP contribution in [0.3, 0.4) is 0 Å². The summed E-state index contributed by atoms with van der Waals surface area (Å²) >= 11 is 11.2. The zero-order valence-corrected chi connectivity index (χ0v) is 11.8. The van der Waals surface area contributed by atoms with E-state index in [1.165, 1.54) is 11.1 Å². The van der Waals surface area contributed by atoms with Crippen LogP contribution in [0.2, 0.25) is 10.0 Å². The number of nitrogens with one attached hydrogen (secondary N) is 1. The molecule has 2 amide bonds. The molecule has 1 aromatic heterocycles. The number of carbonyl (C=O) groups excluding carboxylic acids is 2. The van der Waals surface area contributed by atoms with Crippen LogP contribution in [0.1, 0.15) is 0 Å². The monoisotopic (exact) mass is 306 g/mol. The van der Waals surface area contributed by atoms with Gasteiger partial charge in [-0.15, -0.1) is 0 Å². The van der Waals surface area contributed by atoms with Crippen LogP contribution >= 0.6 is 23.2 Å². The van der Waals surface area contributed by atoms with E-state index in [9.17, 15) is 14.4 Å². The van der Waals surface area contributed by atoms with E-state index in [0.717, 1.165) is 4.68 Å². The molecule has 1 rings (SSSR count). The quantitative estimate of drug-likeness (QED) is 0.831. The molecule has 19 heavy (non-hydrogen) atoms. The third kappa shape index (κ3) is 4.22. The predicted molar refractivity (Wildman–Crippen MR) is 70.2 cm³/mol. The van der Waals surface area contributed by atoms with Gasteiger partial charge >= 0.3 is 0 Å². The van der Waals surface area contributed by atoms with Gasteiger partial charge in [-0.05, 0) is 0 Å². The minimum absolute atomic E-state index is 0.0195. The van der Waals surface area contributed by atoms with E-state index in [1.807, 2.05) is 0 Å². The first-order valence-corrected chi connectivity index (χ1v) is 5.96. The molecule has 0 aliphatic heterocycles. The van der Waals surface area contributed by atoms with Crippen LogP contribution in [0.4, 0.5) is 0 Å². The fourth-order valence-electron chi connectivity index (χ4n) is 1.08. The largest absolute Gasteiger partial charge is 0.347 e. The summed E-state index contributed by atoms with van der Waals surface area (Å²) in [6, 6.07) is 0. The molecule has 0 atom stereocenters. The molecule has 9 heteroatoms. The lowest BCUT2D eigenvalue weighted by atomic mass is 10.5. The van der Waals surface area contributed by atoms with Gasteiger partial charge in [0.05, 0.1) is 17.8 Å². The van der Waals surface area contributed by atoms with Crippen molar-refractivity contribution >= 4 is 35.0 Å². The zero-order valence-electron chi connectivity index (χ0n) is 10.3. The second-order valence-electron chi connectivity index (χ2n) is 3.83. The molecule has 0 radical (unpaired) electrons. The van der Waals surface area contributed by atoms with Crippen molar-refractivity contribution in [3.05, 3.63) is 26.6 Å². The van der Waals surface area contributed by atoms with Gasteiger partial charge in [0.2, 0.25) is 11.8 Å². The van der Waals surface area contributed by atoms with Crippen LogP contribution in [-0.4, -0.2) is 47.1 Å². The third-order valence-corrected chi connectivity index (χ3v) is 2.92. The highest BCUT2D eigenvalue weighted by molar-refractivity contribution is 6.41. The van der Waals surface area contributed by atoms with E-state index >= 15 is 0 Å². The molecule has 1 heterocycles. The van der Waals surface area contributed by atoms with E-state index in [-0.39, 0.29) is 29.0 Å². The fourth-order valence-corrected chi connectivity index (χ4v) is 1.35. The van der Waals surface area contributed by atoms with Gasteiger partial charge in [0.1, 0.15) is 11.6 Å². The van der Waals surface area contributed by atoms with Gasteiger partial charge in [-0.1, -0.05) is 23.2 Å². The highest BCUT2D eigenvalue weighted by Crippen LogP contribution is 2.14. The maximum Gasteiger partial charge on any atom is 0.287 e. The summed E-state index contributed by atoms with van der Waals surface area (Å²) in [6.45, 7) is -0.488. The van der Waals surface area contributed by atoms with E-state index in [0.29, 0.717) is 0 Å². The van der Waals surface area contributed by atoms with Gasteiger partial charge in [0.15, 0.2) is 0 Å². The van der Waals surface area contributed by atoms with Crippen molar-refractivity contribution < 1.29 is 9.59 Å². The Kier molecular flexibility index (Phi) is 5.31. The molecule has 0 aliphatic carbocycles. The average molecular weight is 307 g/mol. The SMILES string of the molecule is CN(C)C(=O)CNC(=O)Cn1ncc(Cl)c(Cl)c1=O. The van der Waals surface area contributed by atoms with Crippen molar-refractivity contribution in [2.45, 2.75) is 6.54 Å².